The fourth-order valence-corrected chi connectivity index (χ4v) is 5.08. The number of benzene rings is 5. The highest BCUT2D eigenvalue weighted by atomic mass is 15.2. The fraction of sp³-hybridized carbons (Fsp3) is 0. The van der Waals surface area contributed by atoms with E-state index < -0.39 is 0 Å². The van der Waals surface area contributed by atoms with Gasteiger partial charge in [-0.25, -0.2) is 9.97 Å². The van der Waals surface area contributed by atoms with E-state index in [0.717, 1.165) is 33.7 Å². The van der Waals surface area contributed by atoms with Gasteiger partial charge in [-0.15, -0.1) is 0 Å². The minimum absolute atomic E-state index is 0.911. The summed E-state index contributed by atoms with van der Waals surface area (Å²) in [6, 6.07) is 42.7. The molecule has 0 bridgehead atoms. The van der Waals surface area contributed by atoms with Crippen LogP contribution < -0.4 is 4.90 Å². The molecular weight excluding hydrogens is 426 g/mol. The Balaban J connectivity index is 1.49. The maximum absolute atomic E-state index is 4.81. The lowest BCUT2D eigenvalue weighted by Crippen LogP contribution is -2.17. The van der Waals surface area contributed by atoms with Crippen LogP contribution in [0, 0.1) is 0 Å². The molecule has 0 radical (unpaired) electrons. The third-order valence-corrected chi connectivity index (χ3v) is 6.68. The highest BCUT2D eigenvalue weighted by Crippen LogP contribution is 2.50. The first kappa shape index (κ1) is 19.7. The average Bonchev–Trinajstić information content (AvgIpc) is 2.94. The van der Waals surface area contributed by atoms with Gasteiger partial charge in [0, 0.05) is 11.3 Å². The van der Waals surface area contributed by atoms with Crippen molar-refractivity contribution in [2.75, 3.05) is 4.90 Å². The first-order valence-electron chi connectivity index (χ1n) is 11.8. The molecule has 0 fully saturated rings. The third kappa shape index (κ3) is 3.21. The van der Waals surface area contributed by atoms with E-state index in [4.69, 9.17) is 9.97 Å². The molecule has 0 spiro atoms. The molecule has 35 heavy (non-hydrogen) atoms. The van der Waals surface area contributed by atoms with Crippen LogP contribution in [0.15, 0.2) is 128 Å². The Labute approximate surface area is 204 Å². The molecule has 0 saturated heterocycles. The topological polar surface area (TPSA) is 29.0 Å². The first-order chi connectivity index (χ1) is 17.4. The lowest BCUT2D eigenvalue weighted by molar-refractivity contribution is 1.14. The number of fused-ring (bicyclic) bond motifs is 2. The summed E-state index contributed by atoms with van der Waals surface area (Å²) in [5.74, 6) is 0.911. The zero-order valence-electron chi connectivity index (χ0n) is 19.0. The summed E-state index contributed by atoms with van der Waals surface area (Å²) in [5.41, 5.74) is 10.2. The second-order valence-electron chi connectivity index (χ2n) is 8.75. The van der Waals surface area contributed by atoms with Crippen molar-refractivity contribution in [3.05, 3.63) is 128 Å². The lowest BCUT2D eigenvalue weighted by atomic mass is 9.91. The molecule has 0 aliphatic carbocycles. The van der Waals surface area contributed by atoms with E-state index in [-0.39, 0.29) is 0 Å². The molecule has 1 aromatic heterocycles. The summed E-state index contributed by atoms with van der Waals surface area (Å²) >= 11 is 0. The summed E-state index contributed by atoms with van der Waals surface area (Å²) in [7, 11) is 0. The number of anilines is 3. The van der Waals surface area contributed by atoms with Crippen molar-refractivity contribution in [1.82, 2.24) is 9.97 Å². The van der Waals surface area contributed by atoms with Crippen LogP contribution >= 0.6 is 0 Å². The summed E-state index contributed by atoms with van der Waals surface area (Å²) < 4.78 is 0. The highest BCUT2D eigenvalue weighted by molar-refractivity contribution is 6.12. The van der Waals surface area contributed by atoms with Crippen LogP contribution in [0.4, 0.5) is 17.2 Å². The Morgan fingerprint density at radius 1 is 0.486 bits per heavy atom. The SMILES string of the molecule is c1ccc(-c2cccc(N3c4ccccc4-c4cc(-c5ccccc5)cc5ncnc3c45)c2)cc1. The van der Waals surface area contributed by atoms with Crippen LogP contribution in [-0.2, 0) is 0 Å². The third-order valence-electron chi connectivity index (χ3n) is 6.68. The molecule has 7 rings (SSSR count). The quantitative estimate of drug-likeness (QED) is 0.272. The fourth-order valence-electron chi connectivity index (χ4n) is 5.08. The molecule has 0 saturated carbocycles. The Morgan fingerprint density at radius 3 is 1.97 bits per heavy atom. The number of rotatable bonds is 3. The number of para-hydroxylation sites is 1. The Morgan fingerprint density at radius 2 is 1.17 bits per heavy atom. The minimum atomic E-state index is 0.911. The molecule has 1 aliphatic rings. The summed E-state index contributed by atoms with van der Waals surface area (Å²) in [4.78, 5) is 11.8. The molecule has 0 unspecified atom stereocenters. The van der Waals surface area contributed by atoms with Crippen molar-refractivity contribution in [2.45, 2.75) is 0 Å². The molecule has 3 heteroatoms. The van der Waals surface area contributed by atoms with Gasteiger partial charge in [0.25, 0.3) is 0 Å². The molecular formula is C32H21N3. The maximum Gasteiger partial charge on any atom is 0.149 e. The minimum Gasteiger partial charge on any atom is -0.294 e. The normalized spacial score (nSPS) is 11.9. The van der Waals surface area contributed by atoms with Gasteiger partial charge in [0.15, 0.2) is 0 Å². The summed E-state index contributed by atoms with van der Waals surface area (Å²) in [5, 5.41) is 1.08. The van der Waals surface area contributed by atoms with E-state index in [2.05, 4.69) is 114 Å². The molecule has 0 amide bonds. The summed E-state index contributed by atoms with van der Waals surface area (Å²) in [6.45, 7) is 0. The number of hydrogen-bond donors (Lipinski definition) is 0. The van der Waals surface area contributed by atoms with Gasteiger partial charge in [0.2, 0.25) is 0 Å². The molecule has 5 aromatic carbocycles. The molecule has 2 heterocycles. The van der Waals surface area contributed by atoms with Crippen molar-refractivity contribution >= 4 is 28.1 Å². The van der Waals surface area contributed by atoms with E-state index in [1.807, 2.05) is 12.1 Å². The van der Waals surface area contributed by atoms with Crippen LogP contribution in [-0.4, -0.2) is 9.97 Å². The Hall–Kier alpha value is -4.76. The van der Waals surface area contributed by atoms with E-state index in [9.17, 15) is 0 Å². The molecule has 3 nitrogen and oxygen atoms in total. The second kappa shape index (κ2) is 7.93. The zero-order valence-corrected chi connectivity index (χ0v) is 19.0. The van der Waals surface area contributed by atoms with Crippen molar-refractivity contribution < 1.29 is 0 Å². The number of hydrogen-bond acceptors (Lipinski definition) is 3. The van der Waals surface area contributed by atoms with Crippen LogP contribution in [0.5, 0.6) is 0 Å². The van der Waals surface area contributed by atoms with Crippen molar-refractivity contribution in [3.8, 4) is 33.4 Å². The van der Waals surface area contributed by atoms with Crippen LogP contribution in [0.2, 0.25) is 0 Å². The van der Waals surface area contributed by atoms with Crippen molar-refractivity contribution in [3.63, 3.8) is 0 Å². The van der Waals surface area contributed by atoms with E-state index in [0.29, 0.717) is 0 Å². The van der Waals surface area contributed by atoms with Gasteiger partial charge < -0.3 is 0 Å². The van der Waals surface area contributed by atoms with Gasteiger partial charge in [-0.2, -0.15) is 0 Å². The van der Waals surface area contributed by atoms with E-state index in [1.165, 1.54) is 27.8 Å². The monoisotopic (exact) mass is 447 g/mol. The van der Waals surface area contributed by atoms with Crippen molar-refractivity contribution in [2.24, 2.45) is 0 Å². The van der Waals surface area contributed by atoms with Crippen LogP contribution in [0.1, 0.15) is 0 Å². The van der Waals surface area contributed by atoms with Gasteiger partial charge in [0.1, 0.15) is 12.1 Å². The van der Waals surface area contributed by atoms with E-state index in [1.54, 1.807) is 6.33 Å². The van der Waals surface area contributed by atoms with Crippen LogP contribution in [0.3, 0.4) is 0 Å². The first-order valence-corrected chi connectivity index (χ1v) is 11.8. The standard InChI is InChI=1S/C32H21N3/c1-3-10-22(11-4-1)24-14-9-15-26(18-24)35-30-17-8-7-16-27(30)28-19-25(23-12-5-2-6-13-23)20-29-31(28)32(35)34-21-33-29/h1-21H. The molecule has 0 N–H and O–H groups in total. The number of aromatic nitrogens is 2. The largest absolute Gasteiger partial charge is 0.294 e. The van der Waals surface area contributed by atoms with E-state index >= 15 is 0 Å². The Kier molecular flexibility index (Phi) is 4.46. The predicted molar refractivity (Wildman–Crippen MR) is 144 cm³/mol. The molecule has 1 aliphatic heterocycles. The smallest absolute Gasteiger partial charge is 0.149 e. The zero-order chi connectivity index (χ0) is 23.2. The highest BCUT2D eigenvalue weighted by Gasteiger charge is 2.28. The van der Waals surface area contributed by atoms with Crippen molar-refractivity contribution in [1.29, 1.82) is 0 Å². The molecule has 164 valence electrons. The van der Waals surface area contributed by atoms with Gasteiger partial charge in [-0.3, -0.25) is 4.90 Å². The predicted octanol–water partition coefficient (Wildman–Crippen LogP) is 8.41. The second-order valence-corrected chi connectivity index (χ2v) is 8.75. The van der Waals surface area contributed by atoms with Gasteiger partial charge in [-0.1, -0.05) is 91.0 Å². The van der Waals surface area contributed by atoms with Gasteiger partial charge in [-0.05, 0) is 58.1 Å². The maximum atomic E-state index is 4.81. The average molecular weight is 448 g/mol. The number of nitrogens with zero attached hydrogens (tertiary/aromatic N) is 3. The molecule has 6 aromatic rings. The van der Waals surface area contributed by atoms with Gasteiger partial charge in [0.05, 0.1) is 16.6 Å². The Bertz CT molecular complexity index is 1690. The lowest BCUT2D eigenvalue weighted by Gasteiger charge is -2.32. The van der Waals surface area contributed by atoms with Crippen LogP contribution in [0.25, 0.3) is 44.3 Å². The molecule has 0 atom stereocenters. The summed E-state index contributed by atoms with van der Waals surface area (Å²) in [6.07, 6.45) is 1.68. The van der Waals surface area contributed by atoms with Gasteiger partial charge >= 0.3 is 0 Å².